The predicted octanol–water partition coefficient (Wildman–Crippen LogP) is 8.23. The zero-order valence-corrected chi connectivity index (χ0v) is 17.0. The lowest BCUT2D eigenvalue weighted by Crippen LogP contribution is -2.02. The van der Waals surface area contributed by atoms with Crippen LogP contribution in [0.15, 0.2) is 30.3 Å². The van der Waals surface area contributed by atoms with Gasteiger partial charge in [0.2, 0.25) is 0 Å². The van der Waals surface area contributed by atoms with Crippen molar-refractivity contribution in [2.24, 2.45) is 0 Å². The highest BCUT2D eigenvalue weighted by Crippen LogP contribution is 2.12. The van der Waals surface area contributed by atoms with Crippen LogP contribution in [0, 0.1) is 0 Å². The molecule has 3 heteroatoms. The monoisotopic (exact) mass is 364 g/mol. The second-order valence-electron chi connectivity index (χ2n) is 6.92. The van der Waals surface area contributed by atoms with Crippen LogP contribution in [0.25, 0.3) is 0 Å². The Bertz CT molecular complexity index is 389. The van der Waals surface area contributed by atoms with E-state index in [9.17, 15) is 4.79 Å². The number of rotatable bonds is 14. The molecule has 26 heavy (non-hydrogen) atoms. The lowest BCUT2D eigenvalue weighted by Gasteiger charge is -2.02. The van der Waals surface area contributed by atoms with Crippen molar-refractivity contribution in [3.8, 4) is 5.75 Å². The first kappa shape index (κ1) is 24.5. The molecule has 0 aliphatic rings. The van der Waals surface area contributed by atoms with Crippen LogP contribution < -0.4 is 4.74 Å². The molecule has 0 bridgehead atoms. The maximum atomic E-state index is 9.95. The third-order valence-electron chi connectivity index (χ3n) is 4.41. The highest BCUT2D eigenvalue weighted by molar-refractivity contribution is 5.60. The molecule has 0 fully saturated rings. The van der Waals surface area contributed by atoms with Crippen molar-refractivity contribution in [3.63, 3.8) is 0 Å². The van der Waals surface area contributed by atoms with Crippen molar-refractivity contribution in [2.45, 2.75) is 104 Å². The summed E-state index contributed by atoms with van der Waals surface area (Å²) >= 11 is 0. The molecule has 0 aliphatic heterocycles. The fourth-order valence-corrected chi connectivity index (χ4v) is 2.86. The molecular weight excluding hydrogens is 324 g/mol. The van der Waals surface area contributed by atoms with E-state index in [0.29, 0.717) is 5.75 Å². The molecule has 1 N–H and O–H groups in total. The van der Waals surface area contributed by atoms with E-state index in [1.807, 2.05) is 0 Å². The van der Waals surface area contributed by atoms with Gasteiger partial charge in [-0.2, -0.15) is 0 Å². The van der Waals surface area contributed by atoms with Gasteiger partial charge in [0.25, 0.3) is 0 Å². The summed E-state index contributed by atoms with van der Waals surface area (Å²) in [7, 11) is 0. The van der Waals surface area contributed by atoms with Crippen molar-refractivity contribution in [1.29, 1.82) is 0 Å². The van der Waals surface area contributed by atoms with Gasteiger partial charge in [-0.25, -0.2) is 4.79 Å². The number of benzene rings is 1. The Balaban J connectivity index is 0.000000531. The maximum Gasteiger partial charge on any atom is 0.511 e. The van der Waals surface area contributed by atoms with E-state index < -0.39 is 6.16 Å². The first-order chi connectivity index (χ1) is 12.7. The van der Waals surface area contributed by atoms with E-state index in [1.165, 1.54) is 89.9 Å². The quantitative estimate of drug-likeness (QED) is 0.205. The highest BCUT2D eigenvalue weighted by Gasteiger charge is 1.96. The van der Waals surface area contributed by atoms with Crippen LogP contribution in [0.5, 0.6) is 5.75 Å². The Kier molecular flexibility index (Phi) is 18.7. The van der Waals surface area contributed by atoms with Crippen LogP contribution in [0.2, 0.25) is 0 Å². The molecule has 150 valence electrons. The van der Waals surface area contributed by atoms with Crippen LogP contribution in [0.3, 0.4) is 0 Å². The SMILES string of the molecule is CCCCCCCCCCCCCCCC.O=C(O)Oc1ccccc1. The molecule has 1 aromatic rings. The van der Waals surface area contributed by atoms with Gasteiger partial charge in [0.05, 0.1) is 0 Å². The van der Waals surface area contributed by atoms with Gasteiger partial charge in [0.1, 0.15) is 5.75 Å². The highest BCUT2D eigenvalue weighted by atomic mass is 16.7. The number of carboxylic acid groups (broad SMARTS) is 1. The minimum absolute atomic E-state index is 0.343. The average molecular weight is 365 g/mol. The molecule has 1 aromatic carbocycles. The van der Waals surface area contributed by atoms with Crippen LogP contribution in [0.4, 0.5) is 4.79 Å². The normalized spacial score (nSPS) is 10.1. The Labute approximate surface area is 161 Å². The van der Waals surface area contributed by atoms with E-state index in [-0.39, 0.29) is 0 Å². The Hall–Kier alpha value is -1.51. The van der Waals surface area contributed by atoms with Crippen molar-refractivity contribution in [2.75, 3.05) is 0 Å². The fraction of sp³-hybridized carbons (Fsp3) is 0.696. The number of carbonyl (C=O) groups is 1. The lowest BCUT2D eigenvalue weighted by molar-refractivity contribution is 0.144. The predicted molar refractivity (Wildman–Crippen MR) is 111 cm³/mol. The molecule has 0 radical (unpaired) electrons. The molecule has 0 atom stereocenters. The van der Waals surface area contributed by atoms with Gasteiger partial charge in [-0.15, -0.1) is 0 Å². The first-order valence-corrected chi connectivity index (χ1v) is 10.7. The summed E-state index contributed by atoms with van der Waals surface area (Å²) < 4.78 is 4.33. The number of para-hydroxylation sites is 1. The summed E-state index contributed by atoms with van der Waals surface area (Å²) in [5.74, 6) is 0.343. The van der Waals surface area contributed by atoms with Crippen LogP contribution in [0.1, 0.15) is 104 Å². The summed E-state index contributed by atoms with van der Waals surface area (Å²) in [6.07, 6.45) is 19.1. The van der Waals surface area contributed by atoms with E-state index in [4.69, 9.17) is 5.11 Å². The van der Waals surface area contributed by atoms with Crippen molar-refractivity contribution in [3.05, 3.63) is 30.3 Å². The number of hydrogen-bond acceptors (Lipinski definition) is 2. The lowest BCUT2D eigenvalue weighted by atomic mass is 10.0. The summed E-state index contributed by atoms with van der Waals surface area (Å²) in [5.41, 5.74) is 0. The van der Waals surface area contributed by atoms with Gasteiger partial charge < -0.3 is 9.84 Å². The van der Waals surface area contributed by atoms with E-state index >= 15 is 0 Å². The minimum Gasteiger partial charge on any atom is -0.449 e. The summed E-state index contributed by atoms with van der Waals surface area (Å²) in [6, 6.07) is 8.35. The zero-order valence-electron chi connectivity index (χ0n) is 17.0. The second kappa shape index (κ2) is 19.8. The largest absolute Gasteiger partial charge is 0.511 e. The third kappa shape index (κ3) is 18.8. The Morgan fingerprint density at radius 2 is 1.04 bits per heavy atom. The molecular formula is C23H40O3. The molecule has 0 amide bonds. The summed E-state index contributed by atoms with van der Waals surface area (Å²) in [4.78, 5) is 9.95. The molecule has 0 unspecified atom stereocenters. The molecule has 1 rings (SSSR count). The second-order valence-corrected chi connectivity index (χ2v) is 6.92. The van der Waals surface area contributed by atoms with Crippen molar-refractivity contribution < 1.29 is 14.6 Å². The molecule has 0 heterocycles. The Morgan fingerprint density at radius 3 is 1.35 bits per heavy atom. The van der Waals surface area contributed by atoms with Gasteiger partial charge in [0, 0.05) is 0 Å². The fourth-order valence-electron chi connectivity index (χ4n) is 2.86. The molecule has 0 aromatic heterocycles. The molecule has 0 saturated carbocycles. The summed E-state index contributed by atoms with van der Waals surface area (Å²) in [5, 5.41) is 8.14. The molecule has 0 saturated heterocycles. The van der Waals surface area contributed by atoms with Crippen LogP contribution in [-0.4, -0.2) is 11.3 Å². The summed E-state index contributed by atoms with van der Waals surface area (Å²) in [6.45, 7) is 4.58. The van der Waals surface area contributed by atoms with Gasteiger partial charge in [-0.1, -0.05) is 122 Å². The Morgan fingerprint density at radius 1 is 0.692 bits per heavy atom. The number of unbranched alkanes of at least 4 members (excludes halogenated alkanes) is 13. The van der Waals surface area contributed by atoms with E-state index in [0.717, 1.165) is 0 Å². The van der Waals surface area contributed by atoms with Gasteiger partial charge >= 0.3 is 6.16 Å². The standard InChI is InChI=1S/C16H34.C7H6O3/c1-3-5-7-9-11-13-15-16-14-12-10-8-6-4-2;8-7(9)10-6-4-2-1-3-5-6/h3-16H2,1-2H3;1-5H,(H,8,9). The van der Waals surface area contributed by atoms with Gasteiger partial charge in [0.15, 0.2) is 0 Å². The topological polar surface area (TPSA) is 46.5 Å². The number of ether oxygens (including phenoxy) is 1. The van der Waals surface area contributed by atoms with Crippen molar-refractivity contribution in [1.82, 2.24) is 0 Å². The van der Waals surface area contributed by atoms with Gasteiger partial charge in [-0.3, -0.25) is 0 Å². The van der Waals surface area contributed by atoms with Crippen LogP contribution in [-0.2, 0) is 0 Å². The van der Waals surface area contributed by atoms with Crippen molar-refractivity contribution >= 4 is 6.16 Å². The molecule has 0 spiro atoms. The minimum atomic E-state index is -1.29. The average Bonchev–Trinajstić information content (AvgIpc) is 2.63. The first-order valence-electron chi connectivity index (χ1n) is 10.7. The smallest absolute Gasteiger partial charge is 0.449 e. The van der Waals surface area contributed by atoms with E-state index in [2.05, 4.69) is 18.6 Å². The van der Waals surface area contributed by atoms with E-state index in [1.54, 1.807) is 30.3 Å². The zero-order chi connectivity index (χ0) is 19.3. The van der Waals surface area contributed by atoms with Gasteiger partial charge in [-0.05, 0) is 12.1 Å². The van der Waals surface area contributed by atoms with Crippen LogP contribution >= 0.6 is 0 Å². The third-order valence-corrected chi connectivity index (χ3v) is 4.41. The maximum absolute atomic E-state index is 9.95. The molecule has 3 nitrogen and oxygen atoms in total. The number of hydrogen-bond donors (Lipinski definition) is 1. The molecule has 0 aliphatic carbocycles.